The van der Waals surface area contributed by atoms with Crippen molar-refractivity contribution in [3.8, 4) is 0 Å². The number of hydrogen-bond donors (Lipinski definition) is 2. The Morgan fingerprint density at radius 3 is 2.68 bits per heavy atom. The highest BCUT2D eigenvalue weighted by Gasteiger charge is 2.10. The Morgan fingerprint density at radius 1 is 1.14 bits per heavy atom. The van der Waals surface area contributed by atoms with Crippen LogP contribution in [-0.2, 0) is 0 Å². The van der Waals surface area contributed by atoms with E-state index >= 15 is 0 Å². The van der Waals surface area contributed by atoms with Crippen LogP contribution in [0.4, 0.5) is 10.2 Å². The van der Waals surface area contributed by atoms with Crippen molar-refractivity contribution in [2.75, 3.05) is 11.9 Å². The molecule has 1 unspecified atom stereocenters. The Balaban J connectivity index is 1.79. The van der Waals surface area contributed by atoms with Crippen LogP contribution in [0.25, 0.3) is 10.9 Å². The number of halogens is 2. The molecule has 0 spiro atoms. The molecule has 0 saturated carbocycles. The summed E-state index contributed by atoms with van der Waals surface area (Å²) >= 11 is 5.82. The van der Waals surface area contributed by atoms with Gasteiger partial charge in [-0.1, -0.05) is 23.7 Å². The van der Waals surface area contributed by atoms with Crippen molar-refractivity contribution in [1.82, 2.24) is 9.97 Å². The maximum Gasteiger partial charge on any atom is 0.137 e. The van der Waals surface area contributed by atoms with Crippen LogP contribution in [-0.4, -0.2) is 21.6 Å². The zero-order valence-electron chi connectivity index (χ0n) is 11.5. The lowest BCUT2D eigenvalue weighted by atomic mass is 10.1. The number of aliphatic hydroxyl groups is 1. The van der Waals surface area contributed by atoms with Gasteiger partial charge in [0.1, 0.15) is 18.0 Å². The van der Waals surface area contributed by atoms with E-state index < -0.39 is 6.10 Å². The number of aliphatic hydroxyl groups excluding tert-OH is 1. The van der Waals surface area contributed by atoms with Crippen molar-refractivity contribution < 1.29 is 9.50 Å². The molecule has 0 radical (unpaired) electrons. The Hall–Kier alpha value is -2.24. The van der Waals surface area contributed by atoms with Crippen LogP contribution >= 0.6 is 11.6 Å². The molecule has 1 aromatic heterocycles. The maximum absolute atomic E-state index is 13.4. The smallest absolute Gasteiger partial charge is 0.137 e. The molecule has 2 aromatic carbocycles. The molecule has 1 atom stereocenters. The van der Waals surface area contributed by atoms with Gasteiger partial charge in [-0.3, -0.25) is 0 Å². The summed E-state index contributed by atoms with van der Waals surface area (Å²) in [5.74, 6) is 0.126. The molecule has 112 valence electrons. The Bertz CT molecular complexity index is 795. The summed E-state index contributed by atoms with van der Waals surface area (Å²) in [4.78, 5) is 8.19. The number of fused-ring (bicyclic) bond motifs is 1. The average molecular weight is 318 g/mol. The summed E-state index contributed by atoms with van der Waals surface area (Å²) < 4.78 is 13.4. The van der Waals surface area contributed by atoms with Crippen molar-refractivity contribution >= 4 is 28.3 Å². The molecule has 0 fully saturated rings. The minimum atomic E-state index is -0.726. The fourth-order valence-corrected chi connectivity index (χ4v) is 2.29. The summed E-state index contributed by atoms with van der Waals surface area (Å²) in [6.07, 6.45) is 0.674. The normalized spacial score (nSPS) is 12.3. The van der Waals surface area contributed by atoms with Crippen molar-refractivity contribution in [3.05, 3.63) is 65.2 Å². The molecule has 2 N–H and O–H groups in total. The topological polar surface area (TPSA) is 58.0 Å². The predicted molar refractivity (Wildman–Crippen MR) is 84.4 cm³/mol. The lowest BCUT2D eigenvalue weighted by Crippen LogP contribution is -2.13. The van der Waals surface area contributed by atoms with E-state index in [1.54, 1.807) is 30.3 Å². The third-order valence-electron chi connectivity index (χ3n) is 3.32. The first-order chi connectivity index (χ1) is 10.6. The van der Waals surface area contributed by atoms with Crippen LogP contribution in [0.1, 0.15) is 11.7 Å². The van der Waals surface area contributed by atoms with E-state index in [4.69, 9.17) is 11.6 Å². The number of nitrogens with zero attached hydrogens (tertiary/aromatic N) is 2. The SMILES string of the molecule is OC(CNc1ncnc2ccc(F)cc12)c1ccc(Cl)cc1. The van der Waals surface area contributed by atoms with Crippen LogP contribution in [0, 0.1) is 5.82 Å². The van der Waals surface area contributed by atoms with Crippen molar-refractivity contribution in [2.45, 2.75) is 6.10 Å². The fourth-order valence-electron chi connectivity index (χ4n) is 2.17. The van der Waals surface area contributed by atoms with Gasteiger partial charge in [0.25, 0.3) is 0 Å². The van der Waals surface area contributed by atoms with Gasteiger partial charge in [-0.05, 0) is 35.9 Å². The van der Waals surface area contributed by atoms with Crippen molar-refractivity contribution in [2.24, 2.45) is 0 Å². The van der Waals surface area contributed by atoms with Gasteiger partial charge in [-0.25, -0.2) is 14.4 Å². The molecule has 6 heteroatoms. The van der Waals surface area contributed by atoms with E-state index in [2.05, 4.69) is 15.3 Å². The van der Waals surface area contributed by atoms with Gasteiger partial charge in [-0.15, -0.1) is 0 Å². The lowest BCUT2D eigenvalue weighted by Gasteiger charge is -2.13. The molecule has 3 aromatic rings. The molecule has 0 bridgehead atoms. The van der Waals surface area contributed by atoms with E-state index in [-0.39, 0.29) is 12.4 Å². The first-order valence-corrected chi connectivity index (χ1v) is 7.09. The number of benzene rings is 2. The first kappa shape index (κ1) is 14.7. The van der Waals surface area contributed by atoms with E-state index in [0.29, 0.717) is 21.7 Å². The minimum absolute atomic E-state index is 0.240. The highest BCUT2D eigenvalue weighted by Crippen LogP contribution is 2.22. The number of nitrogens with one attached hydrogen (secondary N) is 1. The van der Waals surface area contributed by atoms with E-state index in [0.717, 1.165) is 5.56 Å². The number of rotatable bonds is 4. The molecule has 0 amide bonds. The van der Waals surface area contributed by atoms with E-state index in [1.807, 2.05) is 0 Å². The number of aromatic nitrogens is 2. The van der Waals surface area contributed by atoms with E-state index in [1.165, 1.54) is 18.5 Å². The first-order valence-electron chi connectivity index (χ1n) is 6.71. The van der Waals surface area contributed by atoms with Crippen LogP contribution in [0.15, 0.2) is 48.8 Å². The third kappa shape index (κ3) is 3.16. The second-order valence-corrected chi connectivity index (χ2v) is 5.27. The third-order valence-corrected chi connectivity index (χ3v) is 3.57. The molecular formula is C16H13ClFN3O. The minimum Gasteiger partial charge on any atom is -0.387 e. The molecule has 1 heterocycles. The zero-order chi connectivity index (χ0) is 15.5. The maximum atomic E-state index is 13.4. The largest absolute Gasteiger partial charge is 0.387 e. The summed E-state index contributed by atoms with van der Waals surface area (Å²) in [6, 6.07) is 11.3. The zero-order valence-corrected chi connectivity index (χ0v) is 12.3. The lowest BCUT2D eigenvalue weighted by molar-refractivity contribution is 0.191. The summed E-state index contributed by atoms with van der Waals surface area (Å²) in [7, 11) is 0. The Morgan fingerprint density at radius 2 is 1.91 bits per heavy atom. The van der Waals surface area contributed by atoms with Crippen LogP contribution in [0.2, 0.25) is 5.02 Å². The van der Waals surface area contributed by atoms with Crippen molar-refractivity contribution in [3.63, 3.8) is 0 Å². The molecule has 4 nitrogen and oxygen atoms in total. The second-order valence-electron chi connectivity index (χ2n) is 4.83. The van der Waals surface area contributed by atoms with Gasteiger partial charge < -0.3 is 10.4 Å². The standard InChI is InChI=1S/C16H13ClFN3O/c17-11-3-1-10(2-4-11)15(22)8-19-16-13-7-12(18)5-6-14(13)20-9-21-16/h1-7,9,15,22H,8H2,(H,19,20,21). The Labute approximate surface area is 131 Å². The van der Waals surface area contributed by atoms with Gasteiger partial charge in [0, 0.05) is 17.0 Å². The van der Waals surface area contributed by atoms with Gasteiger partial charge in [-0.2, -0.15) is 0 Å². The van der Waals surface area contributed by atoms with Gasteiger partial charge in [0.05, 0.1) is 11.6 Å². The van der Waals surface area contributed by atoms with Gasteiger partial charge in [0.2, 0.25) is 0 Å². The summed E-state index contributed by atoms with van der Waals surface area (Å²) in [5, 5.41) is 14.4. The van der Waals surface area contributed by atoms with E-state index in [9.17, 15) is 9.50 Å². The molecular weight excluding hydrogens is 305 g/mol. The Kier molecular flexibility index (Phi) is 4.18. The molecule has 22 heavy (non-hydrogen) atoms. The predicted octanol–water partition coefficient (Wildman–Crippen LogP) is 3.57. The van der Waals surface area contributed by atoms with Crippen LogP contribution < -0.4 is 5.32 Å². The monoisotopic (exact) mass is 317 g/mol. The molecule has 3 rings (SSSR count). The molecule has 0 saturated heterocycles. The fraction of sp³-hybridized carbons (Fsp3) is 0.125. The molecule has 0 aliphatic carbocycles. The van der Waals surface area contributed by atoms with Gasteiger partial charge >= 0.3 is 0 Å². The second kappa shape index (κ2) is 6.25. The summed E-state index contributed by atoms with van der Waals surface area (Å²) in [6.45, 7) is 0.240. The van der Waals surface area contributed by atoms with Crippen LogP contribution in [0.5, 0.6) is 0 Å². The number of hydrogen-bond acceptors (Lipinski definition) is 4. The molecule has 0 aliphatic rings. The average Bonchev–Trinajstić information content (AvgIpc) is 2.53. The summed E-state index contributed by atoms with van der Waals surface area (Å²) in [5.41, 5.74) is 1.38. The quantitative estimate of drug-likeness (QED) is 0.772. The number of anilines is 1. The van der Waals surface area contributed by atoms with Crippen LogP contribution in [0.3, 0.4) is 0 Å². The molecule has 0 aliphatic heterocycles. The van der Waals surface area contributed by atoms with Gasteiger partial charge in [0.15, 0.2) is 0 Å². The highest BCUT2D eigenvalue weighted by atomic mass is 35.5. The highest BCUT2D eigenvalue weighted by molar-refractivity contribution is 6.30. The van der Waals surface area contributed by atoms with Crippen molar-refractivity contribution in [1.29, 1.82) is 0 Å².